The lowest BCUT2D eigenvalue weighted by atomic mass is 10.3. The van der Waals surface area contributed by atoms with Crippen molar-refractivity contribution in [3.8, 4) is 0 Å². The third kappa shape index (κ3) is 7.16. The minimum Gasteiger partial charge on any atom is -0.367 e. The molecule has 0 radical (unpaired) electrons. The first-order valence-electron chi connectivity index (χ1n) is 9.93. The Kier molecular flexibility index (Phi) is 8.73. The number of anilines is 2. The number of hydrogen-bond acceptors (Lipinski definition) is 7. The van der Waals surface area contributed by atoms with E-state index in [9.17, 15) is 4.79 Å². The highest BCUT2D eigenvalue weighted by Gasteiger charge is 2.18. The molecule has 0 saturated carbocycles. The average molecular weight is 453 g/mol. The molecule has 1 aliphatic heterocycles. The number of aromatic nitrogens is 3. The van der Waals surface area contributed by atoms with Crippen molar-refractivity contribution in [3.05, 3.63) is 40.8 Å². The van der Waals surface area contributed by atoms with Crippen LogP contribution >= 0.6 is 23.2 Å². The molecule has 2 amide bonds. The molecule has 11 heteroatoms. The van der Waals surface area contributed by atoms with Crippen LogP contribution in [-0.4, -0.2) is 78.2 Å². The molecule has 0 aromatic carbocycles. The van der Waals surface area contributed by atoms with Gasteiger partial charge in [0.15, 0.2) is 0 Å². The second kappa shape index (κ2) is 11.7. The van der Waals surface area contributed by atoms with Crippen molar-refractivity contribution >= 4 is 41.0 Å². The van der Waals surface area contributed by atoms with Gasteiger partial charge in [0.05, 0.1) is 10.0 Å². The summed E-state index contributed by atoms with van der Waals surface area (Å²) in [7, 11) is 0. The van der Waals surface area contributed by atoms with Gasteiger partial charge in [-0.15, -0.1) is 0 Å². The van der Waals surface area contributed by atoms with Gasteiger partial charge in [0, 0.05) is 64.4 Å². The van der Waals surface area contributed by atoms with Gasteiger partial charge in [-0.25, -0.2) is 19.7 Å². The molecule has 2 aromatic heterocycles. The first-order valence-corrected chi connectivity index (χ1v) is 10.7. The maximum Gasteiger partial charge on any atom is 0.314 e. The highest BCUT2D eigenvalue weighted by Crippen LogP contribution is 2.21. The number of halogens is 2. The van der Waals surface area contributed by atoms with E-state index in [0.717, 1.165) is 45.1 Å². The molecule has 2 aromatic rings. The maximum atomic E-state index is 11.9. The Hall–Kier alpha value is -2.36. The molecule has 30 heavy (non-hydrogen) atoms. The second-order valence-corrected chi connectivity index (χ2v) is 7.67. The van der Waals surface area contributed by atoms with Crippen LogP contribution in [0.3, 0.4) is 0 Å². The third-order valence-corrected chi connectivity index (χ3v) is 5.15. The summed E-state index contributed by atoms with van der Waals surface area (Å²) in [4.78, 5) is 29.2. The van der Waals surface area contributed by atoms with E-state index in [1.807, 2.05) is 6.07 Å². The van der Waals surface area contributed by atoms with Gasteiger partial charge in [0.2, 0.25) is 5.95 Å². The number of amides is 2. The lowest BCUT2D eigenvalue weighted by Crippen LogP contribution is -2.47. The van der Waals surface area contributed by atoms with E-state index in [1.165, 1.54) is 6.20 Å². The lowest BCUT2D eigenvalue weighted by Gasteiger charge is -2.34. The third-order valence-electron chi connectivity index (χ3n) is 4.65. The fourth-order valence-corrected chi connectivity index (χ4v) is 3.54. The van der Waals surface area contributed by atoms with Crippen molar-refractivity contribution in [2.24, 2.45) is 0 Å². The van der Waals surface area contributed by atoms with Crippen LogP contribution in [0.25, 0.3) is 0 Å². The number of carbonyl (C=O) groups is 1. The van der Waals surface area contributed by atoms with Crippen LogP contribution in [0.1, 0.15) is 6.42 Å². The molecule has 1 saturated heterocycles. The number of pyridine rings is 1. The molecule has 3 N–H and O–H groups in total. The van der Waals surface area contributed by atoms with E-state index < -0.39 is 0 Å². The standard InChI is InChI=1S/C19H26Cl2N8O/c20-15-13-16(21)17(27-14-15)22-6-7-26-19(30)25-5-2-8-28-9-11-29(12-10-28)18-23-3-1-4-24-18/h1,3-4,13-14H,2,5-12H2,(H,22,27)(H2,25,26,30). The molecule has 1 fully saturated rings. The summed E-state index contributed by atoms with van der Waals surface area (Å²) in [6, 6.07) is 3.26. The summed E-state index contributed by atoms with van der Waals surface area (Å²) in [6.45, 7) is 6.31. The van der Waals surface area contributed by atoms with Crippen LogP contribution in [0.2, 0.25) is 10.0 Å². The van der Waals surface area contributed by atoms with Gasteiger partial charge < -0.3 is 20.9 Å². The average Bonchev–Trinajstić information content (AvgIpc) is 2.76. The number of nitrogens with zero attached hydrogens (tertiary/aromatic N) is 5. The monoisotopic (exact) mass is 452 g/mol. The van der Waals surface area contributed by atoms with E-state index in [1.54, 1.807) is 18.5 Å². The number of carbonyl (C=O) groups excluding carboxylic acids is 1. The van der Waals surface area contributed by atoms with Gasteiger partial charge in [-0.1, -0.05) is 23.2 Å². The Morgan fingerprint density at radius 2 is 1.73 bits per heavy atom. The number of urea groups is 1. The van der Waals surface area contributed by atoms with Crippen molar-refractivity contribution in [2.45, 2.75) is 6.42 Å². The highest BCUT2D eigenvalue weighted by molar-refractivity contribution is 6.35. The largest absolute Gasteiger partial charge is 0.367 e. The van der Waals surface area contributed by atoms with Crippen LogP contribution in [0, 0.1) is 0 Å². The van der Waals surface area contributed by atoms with Gasteiger partial charge in [0.1, 0.15) is 5.82 Å². The molecule has 9 nitrogen and oxygen atoms in total. The topological polar surface area (TPSA) is 98.3 Å². The van der Waals surface area contributed by atoms with Gasteiger partial charge >= 0.3 is 6.03 Å². The first-order chi connectivity index (χ1) is 14.6. The summed E-state index contributed by atoms with van der Waals surface area (Å²) in [5.74, 6) is 1.33. The summed E-state index contributed by atoms with van der Waals surface area (Å²) in [5, 5.41) is 9.67. The highest BCUT2D eigenvalue weighted by atomic mass is 35.5. The summed E-state index contributed by atoms with van der Waals surface area (Å²) >= 11 is 11.8. The fourth-order valence-electron chi connectivity index (χ4n) is 3.09. The maximum absolute atomic E-state index is 11.9. The fraction of sp³-hybridized carbons (Fsp3) is 0.474. The van der Waals surface area contributed by atoms with Crippen molar-refractivity contribution in [2.75, 3.05) is 62.6 Å². The van der Waals surface area contributed by atoms with Crippen LogP contribution in [0.4, 0.5) is 16.6 Å². The quantitative estimate of drug-likeness (QED) is 0.501. The van der Waals surface area contributed by atoms with E-state index in [-0.39, 0.29) is 6.03 Å². The zero-order valence-electron chi connectivity index (χ0n) is 16.7. The molecular weight excluding hydrogens is 427 g/mol. The number of nitrogens with one attached hydrogen (secondary N) is 3. The van der Waals surface area contributed by atoms with E-state index in [4.69, 9.17) is 23.2 Å². The molecule has 0 atom stereocenters. The predicted octanol–water partition coefficient (Wildman–Crippen LogP) is 2.10. The molecule has 0 unspecified atom stereocenters. The number of rotatable bonds is 9. The minimum atomic E-state index is -0.182. The molecule has 162 valence electrons. The van der Waals surface area contributed by atoms with Gasteiger partial charge in [-0.05, 0) is 25.1 Å². The van der Waals surface area contributed by atoms with Gasteiger partial charge in [-0.2, -0.15) is 0 Å². The van der Waals surface area contributed by atoms with Crippen molar-refractivity contribution < 1.29 is 4.79 Å². The van der Waals surface area contributed by atoms with E-state index in [0.29, 0.717) is 35.5 Å². The second-order valence-electron chi connectivity index (χ2n) is 6.82. The van der Waals surface area contributed by atoms with Gasteiger partial charge in [0.25, 0.3) is 0 Å². The smallest absolute Gasteiger partial charge is 0.314 e. The van der Waals surface area contributed by atoms with E-state index >= 15 is 0 Å². The van der Waals surface area contributed by atoms with E-state index in [2.05, 4.69) is 40.7 Å². The van der Waals surface area contributed by atoms with Crippen LogP contribution in [-0.2, 0) is 0 Å². The Labute approximate surface area is 186 Å². The van der Waals surface area contributed by atoms with Crippen molar-refractivity contribution in [1.29, 1.82) is 0 Å². The Morgan fingerprint density at radius 1 is 1.00 bits per heavy atom. The van der Waals surface area contributed by atoms with Crippen LogP contribution < -0.4 is 20.9 Å². The van der Waals surface area contributed by atoms with Crippen molar-refractivity contribution in [3.63, 3.8) is 0 Å². The van der Waals surface area contributed by atoms with Crippen molar-refractivity contribution in [1.82, 2.24) is 30.5 Å². The normalized spacial score (nSPS) is 14.4. The minimum absolute atomic E-state index is 0.182. The summed E-state index contributed by atoms with van der Waals surface area (Å²) in [5.41, 5.74) is 0. The molecule has 3 rings (SSSR count). The molecule has 0 aliphatic carbocycles. The van der Waals surface area contributed by atoms with Crippen LogP contribution in [0.15, 0.2) is 30.7 Å². The SMILES string of the molecule is O=C(NCCCN1CCN(c2ncccn2)CC1)NCCNc1ncc(Cl)cc1Cl. The molecule has 0 spiro atoms. The lowest BCUT2D eigenvalue weighted by molar-refractivity contribution is 0.236. The number of hydrogen-bond donors (Lipinski definition) is 3. The van der Waals surface area contributed by atoms with Gasteiger partial charge in [-0.3, -0.25) is 4.90 Å². The zero-order chi connectivity index (χ0) is 21.2. The number of piperazine rings is 1. The predicted molar refractivity (Wildman–Crippen MR) is 119 cm³/mol. The summed E-state index contributed by atoms with van der Waals surface area (Å²) < 4.78 is 0. The van der Waals surface area contributed by atoms with Crippen LogP contribution in [0.5, 0.6) is 0 Å². The molecule has 1 aliphatic rings. The Bertz CT molecular complexity index is 802. The Balaban J connectivity index is 1.22. The first kappa shape index (κ1) is 22.3. The summed E-state index contributed by atoms with van der Waals surface area (Å²) in [6.07, 6.45) is 5.96. The molecule has 0 bridgehead atoms. The zero-order valence-corrected chi connectivity index (χ0v) is 18.2. The molecular formula is C19H26Cl2N8O. The Morgan fingerprint density at radius 3 is 2.47 bits per heavy atom. The molecule has 3 heterocycles.